The number of amides is 1. The van der Waals surface area contributed by atoms with Gasteiger partial charge in [0.1, 0.15) is 5.76 Å². The maximum absolute atomic E-state index is 11.8. The van der Waals surface area contributed by atoms with E-state index in [0.29, 0.717) is 18.0 Å². The van der Waals surface area contributed by atoms with Crippen molar-refractivity contribution >= 4 is 5.91 Å². The number of carbonyl (C=O) groups is 1. The van der Waals surface area contributed by atoms with Crippen LogP contribution >= 0.6 is 0 Å². The summed E-state index contributed by atoms with van der Waals surface area (Å²) >= 11 is 0. The topological polar surface area (TPSA) is 76.4 Å². The second-order valence-corrected chi connectivity index (χ2v) is 3.84. The quantitative estimate of drug-likeness (QED) is 0.738. The van der Waals surface area contributed by atoms with E-state index in [9.17, 15) is 4.79 Å². The Morgan fingerprint density at radius 1 is 1.69 bits per heavy atom. The highest BCUT2D eigenvalue weighted by Gasteiger charge is 2.29. The monoisotopic (exact) mass is 225 g/mol. The minimum Gasteiger partial charge on any atom is -0.378 e. The molecule has 0 radical (unpaired) electrons. The van der Waals surface area contributed by atoms with Crippen molar-refractivity contribution in [3.05, 3.63) is 17.5 Å². The van der Waals surface area contributed by atoms with Crippen molar-refractivity contribution in [2.24, 2.45) is 0 Å². The molecule has 1 aliphatic heterocycles. The molecule has 0 saturated carbocycles. The van der Waals surface area contributed by atoms with E-state index < -0.39 is 0 Å². The Morgan fingerprint density at radius 2 is 2.50 bits per heavy atom. The van der Waals surface area contributed by atoms with Crippen LogP contribution in [-0.4, -0.2) is 43.4 Å². The number of aryl methyl sites for hydroxylation is 1. The van der Waals surface area contributed by atoms with Crippen LogP contribution in [0.15, 0.2) is 10.6 Å². The lowest BCUT2D eigenvalue weighted by atomic mass is 10.2. The Balaban J connectivity index is 1.97. The standard InChI is InChI=1S/C10H15N3O3/c1-6-3-7(13-16-6)10(14)12-8-4-11-5-9(8)15-2/h3,8-9,11H,4-5H2,1-2H3,(H,12,14)/t8-,9-/m0/s1. The number of ether oxygens (including phenoxy) is 1. The fourth-order valence-corrected chi connectivity index (χ4v) is 1.76. The minimum atomic E-state index is -0.229. The first kappa shape index (κ1) is 11.1. The van der Waals surface area contributed by atoms with Gasteiger partial charge in [-0.05, 0) is 6.92 Å². The maximum atomic E-state index is 11.8. The molecule has 1 amide bonds. The maximum Gasteiger partial charge on any atom is 0.273 e. The van der Waals surface area contributed by atoms with E-state index in [4.69, 9.17) is 9.26 Å². The number of hydrogen-bond donors (Lipinski definition) is 2. The predicted molar refractivity (Wildman–Crippen MR) is 56.2 cm³/mol. The molecule has 1 saturated heterocycles. The number of carbonyl (C=O) groups excluding carboxylic acids is 1. The van der Waals surface area contributed by atoms with Crippen molar-refractivity contribution in [3.63, 3.8) is 0 Å². The summed E-state index contributed by atoms with van der Waals surface area (Å²) in [7, 11) is 1.64. The third-order valence-corrected chi connectivity index (χ3v) is 2.64. The van der Waals surface area contributed by atoms with Crippen LogP contribution in [-0.2, 0) is 4.74 Å². The SMILES string of the molecule is CO[C@H]1CNC[C@@H]1NC(=O)c1cc(C)on1. The summed E-state index contributed by atoms with van der Waals surface area (Å²) in [4.78, 5) is 11.8. The first-order valence-corrected chi connectivity index (χ1v) is 5.18. The van der Waals surface area contributed by atoms with Gasteiger partial charge in [0.2, 0.25) is 0 Å². The van der Waals surface area contributed by atoms with Gasteiger partial charge in [-0.15, -0.1) is 0 Å². The van der Waals surface area contributed by atoms with E-state index in [1.54, 1.807) is 20.1 Å². The molecule has 6 heteroatoms. The first-order valence-electron chi connectivity index (χ1n) is 5.18. The number of methoxy groups -OCH3 is 1. The van der Waals surface area contributed by atoms with Crippen LogP contribution < -0.4 is 10.6 Å². The minimum absolute atomic E-state index is 0.0111. The lowest BCUT2D eigenvalue weighted by Crippen LogP contribution is -2.43. The molecule has 2 rings (SSSR count). The average Bonchev–Trinajstić information content (AvgIpc) is 2.86. The fourth-order valence-electron chi connectivity index (χ4n) is 1.76. The van der Waals surface area contributed by atoms with Crippen molar-refractivity contribution in [2.75, 3.05) is 20.2 Å². The zero-order valence-corrected chi connectivity index (χ0v) is 9.32. The average molecular weight is 225 g/mol. The van der Waals surface area contributed by atoms with Crippen LogP contribution in [0, 0.1) is 6.92 Å². The summed E-state index contributed by atoms with van der Waals surface area (Å²) in [5, 5.41) is 9.67. The highest BCUT2D eigenvalue weighted by atomic mass is 16.5. The van der Waals surface area contributed by atoms with Crippen LogP contribution in [0.5, 0.6) is 0 Å². The van der Waals surface area contributed by atoms with Gasteiger partial charge >= 0.3 is 0 Å². The predicted octanol–water partition coefficient (Wildman–Crippen LogP) is -0.300. The molecule has 16 heavy (non-hydrogen) atoms. The van der Waals surface area contributed by atoms with E-state index in [1.807, 2.05) is 0 Å². The second kappa shape index (κ2) is 4.63. The molecule has 0 bridgehead atoms. The summed E-state index contributed by atoms with van der Waals surface area (Å²) in [6, 6.07) is 1.59. The highest BCUT2D eigenvalue weighted by Crippen LogP contribution is 2.06. The Bertz CT molecular complexity index is 377. The molecule has 1 aromatic rings. The molecule has 0 unspecified atom stereocenters. The number of nitrogens with zero attached hydrogens (tertiary/aromatic N) is 1. The number of rotatable bonds is 3. The van der Waals surface area contributed by atoms with E-state index in [0.717, 1.165) is 6.54 Å². The van der Waals surface area contributed by atoms with E-state index in [2.05, 4.69) is 15.8 Å². The lowest BCUT2D eigenvalue weighted by Gasteiger charge is -2.17. The van der Waals surface area contributed by atoms with Crippen molar-refractivity contribution in [1.29, 1.82) is 0 Å². The third kappa shape index (κ3) is 2.23. The Kier molecular flexibility index (Phi) is 3.21. The summed E-state index contributed by atoms with van der Waals surface area (Å²) < 4.78 is 10.1. The third-order valence-electron chi connectivity index (χ3n) is 2.64. The molecule has 0 spiro atoms. The highest BCUT2D eigenvalue weighted by molar-refractivity contribution is 5.92. The molecule has 88 valence electrons. The zero-order chi connectivity index (χ0) is 11.5. The molecule has 2 atom stereocenters. The molecular formula is C10H15N3O3. The van der Waals surface area contributed by atoms with E-state index >= 15 is 0 Å². The van der Waals surface area contributed by atoms with Gasteiger partial charge in [-0.1, -0.05) is 5.16 Å². The Labute approximate surface area is 93.3 Å². The first-order chi connectivity index (χ1) is 7.70. The van der Waals surface area contributed by atoms with Gasteiger partial charge in [0.05, 0.1) is 12.1 Å². The van der Waals surface area contributed by atoms with Crippen LogP contribution in [0.4, 0.5) is 0 Å². The van der Waals surface area contributed by atoms with E-state index in [-0.39, 0.29) is 18.1 Å². The van der Waals surface area contributed by atoms with Gasteiger partial charge in [0, 0.05) is 26.3 Å². The summed E-state index contributed by atoms with van der Waals surface area (Å²) in [6.45, 7) is 3.21. The Hall–Kier alpha value is -1.40. The van der Waals surface area contributed by atoms with Gasteiger partial charge < -0.3 is 19.9 Å². The molecule has 0 aromatic carbocycles. The molecule has 1 aromatic heterocycles. The smallest absolute Gasteiger partial charge is 0.273 e. The van der Waals surface area contributed by atoms with Crippen LogP contribution in [0.1, 0.15) is 16.2 Å². The summed E-state index contributed by atoms with van der Waals surface area (Å²) in [6.07, 6.45) is 0.0111. The van der Waals surface area contributed by atoms with Crippen LogP contribution in [0.3, 0.4) is 0 Å². The van der Waals surface area contributed by atoms with Gasteiger partial charge in [-0.3, -0.25) is 4.79 Å². The summed E-state index contributed by atoms with van der Waals surface area (Å²) in [5.74, 6) is 0.394. The second-order valence-electron chi connectivity index (χ2n) is 3.84. The summed E-state index contributed by atoms with van der Waals surface area (Å²) in [5.41, 5.74) is 0.305. The van der Waals surface area contributed by atoms with Crippen molar-refractivity contribution in [1.82, 2.24) is 15.8 Å². The molecule has 1 fully saturated rings. The van der Waals surface area contributed by atoms with Crippen molar-refractivity contribution in [2.45, 2.75) is 19.1 Å². The molecule has 2 heterocycles. The van der Waals surface area contributed by atoms with Gasteiger partial charge in [-0.25, -0.2) is 0 Å². The largest absolute Gasteiger partial charge is 0.378 e. The molecule has 0 aliphatic carbocycles. The van der Waals surface area contributed by atoms with Gasteiger partial charge in [0.15, 0.2) is 5.69 Å². The number of aromatic nitrogens is 1. The normalized spacial score (nSPS) is 24.6. The molecule has 1 aliphatic rings. The lowest BCUT2D eigenvalue weighted by molar-refractivity contribution is 0.0773. The van der Waals surface area contributed by atoms with Crippen LogP contribution in [0.2, 0.25) is 0 Å². The van der Waals surface area contributed by atoms with Gasteiger partial charge in [-0.2, -0.15) is 0 Å². The van der Waals surface area contributed by atoms with Crippen molar-refractivity contribution < 1.29 is 14.1 Å². The Morgan fingerprint density at radius 3 is 3.12 bits per heavy atom. The fraction of sp³-hybridized carbons (Fsp3) is 0.600. The molecular weight excluding hydrogens is 210 g/mol. The van der Waals surface area contributed by atoms with Gasteiger partial charge in [0.25, 0.3) is 5.91 Å². The number of hydrogen-bond acceptors (Lipinski definition) is 5. The zero-order valence-electron chi connectivity index (χ0n) is 9.32. The number of nitrogens with one attached hydrogen (secondary N) is 2. The molecule has 2 N–H and O–H groups in total. The molecule has 6 nitrogen and oxygen atoms in total. The van der Waals surface area contributed by atoms with E-state index in [1.165, 1.54) is 0 Å². The van der Waals surface area contributed by atoms with Crippen LogP contribution in [0.25, 0.3) is 0 Å². The van der Waals surface area contributed by atoms with Crippen molar-refractivity contribution in [3.8, 4) is 0 Å².